The maximum absolute atomic E-state index is 11.2. The molecule has 2 nitrogen and oxygen atoms in total. The molecule has 2 unspecified atom stereocenters. The van der Waals surface area contributed by atoms with Crippen molar-refractivity contribution in [1.29, 1.82) is 0 Å². The Kier molecular flexibility index (Phi) is 3.18. The second kappa shape index (κ2) is 4.60. The van der Waals surface area contributed by atoms with Gasteiger partial charge in [0.25, 0.3) is 0 Å². The quantitative estimate of drug-likeness (QED) is 0.873. The Balaban J connectivity index is 1.95. The number of rotatable bonds is 4. The Morgan fingerprint density at radius 1 is 1.37 bits per heavy atom. The Labute approximate surface area is 116 Å². The van der Waals surface area contributed by atoms with Crippen LogP contribution in [0, 0.1) is 5.92 Å². The van der Waals surface area contributed by atoms with Crippen LogP contribution in [0.3, 0.4) is 0 Å². The van der Waals surface area contributed by atoms with Gasteiger partial charge in [-0.1, -0.05) is 43.5 Å². The van der Waals surface area contributed by atoms with Gasteiger partial charge < -0.3 is 10.8 Å². The largest absolute Gasteiger partial charge is 0.389 e. The van der Waals surface area contributed by atoms with E-state index in [0.717, 1.165) is 19.3 Å². The van der Waals surface area contributed by atoms with Crippen LogP contribution in [0.4, 0.5) is 0 Å². The lowest BCUT2D eigenvalue weighted by atomic mass is 9.63. The number of aliphatic hydroxyl groups is 1. The lowest BCUT2D eigenvalue weighted by Gasteiger charge is -2.46. The Bertz CT molecular complexity index is 464. The van der Waals surface area contributed by atoms with Gasteiger partial charge in [-0.25, -0.2) is 0 Å². The molecule has 0 aromatic heterocycles. The van der Waals surface area contributed by atoms with Gasteiger partial charge in [0.05, 0.1) is 5.60 Å². The van der Waals surface area contributed by atoms with Crippen molar-refractivity contribution in [2.24, 2.45) is 11.7 Å². The minimum atomic E-state index is -0.681. The summed E-state index contributed by atoms with van der Waals surface area (Å²) in [6.45, 7) is 2.56. The standard InChI is InChI=1S/C17H25NO/c1-16(19,11-13-5-4-6-13)17(12-18)10-9-14-7-2-3-8-15(14)17/h2-3,7-8,13,19H,4-6,9-12,18H2,1H3. The molecule has 3 N–H and O–H groups in total. The molecule has 1 aromatic carbocycles. The van der Waals surface area contributed by atoms with Gasteiger partial charge in [-0.2, -0.15) is 0 Å². The maximum atomic E-state index is 11.2. The molecule has 1 fully saturated rings. The van der Waals surface area contributed by atoms with Crippen LogP contribution in [0.5, 0.6) is 0 Å². The van der Waals surface area contributed by atoms with Gasteiger partial charge in [-0.3, -0.25) is 0 Å². The summed E-state index contributed by atoms with van der Waals surface area (Å²) in [5, 5.41) is 11.2. The summed E-state index contributed by atoms with van der Waals surface area (Å²) in [6, 6.07) is 8.52. The lowest BCUT2D eigenvalue weighted by Crippen LogP contribution is -2.54. The van der Waals surface area contributed by atoms with E-state index >= 15 is 0 Å². The number of fused-ring (bicyclic) bond motifs is 1. The average Bonchev–Trinajstić information content (AvgIpc) is 2.75. The molecule has 1 aromatic rings. The zero-order chi connectivity index (χ0) is 13.5. The normalized spacial score (nSPS) is 29.6. The molecule has 1 saturated carbocycles. The molecule has 0 spiro atoms. The molecule has 19 heavy (non-hydrogen) atoms. The molecule has 2 aliphatic carbocycles. The highest BCUT2D eigenvalue weighted by Gasteiger charge is 2.51. The number of nitrogens with two attached hydrogens (primary N) is 1. The molecule has 0 radical (unpaired) electrons. The summed E-state index contributed by atoms with van der Waals surface area (Å²) >= 11 is 0. The first-order chi connectivity index (χ1) is 9.09. The van der Waals surface area contributed by atoms with Crippen molar-refractivity contribution in [1.82, 2.24) is 0 Å². The topological polar surface area (TPSA) is 46.2 Å². The fourth-order valence-corrected chi connectivity index (χ4v) is 4.13. The fraction of sp³-hybridized carbons (Fsp3) is 0.647. The third kappa shape index (κ3) is 1.93. The van der Waals surface area contributed by atoms with E-state index in [1.165, 1.54) is 30.4 Å². The molecule has 0 saturated heterocycles. The van der Waals surface area contributed by atoms with Gasteiger partial charge in [0.15, 0.2) is 0 Å². The molecular formula is C17H25NO. The first kappa shape index (κ1) is 13.1. The number of hydrogen-bond donors (Lipinski definition) is 2. The predicted octanol–water partition coefficient (Wildman–Crippen LogP) is 2.77. The van der Waals surface area contributed by atoms with Gasteiger partial charge in [0.1, 0.15) is 0 Å². The van der Waals surface area contributed by atoms with Crippen molar-refractivity contribution in [3.05, 3.63) is 35.4 Å². The van der Waals surface area contributed by atoms with Crippen LogP contribution in [-0.4, -0.2) is 17.3 Å². The first-order valence-electron chi connectivity index (χ1n) is 7.60. The van der Waals surface area contributed by atoms with Crippen LogP contribution >= 0.6 is 0 Å². The second-order valence-electron chi connectivity index (χ2n) is 6.72. The summed E-state index contributed by atoms with van der Waals surface area (Å²) < 4.78 is 0. The van der Waals surface area contributed by atoms with Crippen LogP contribution in [0.2, 0.25) is 0 Å². The van der Waals surface area contributed by atoms with Crippen molar-refractivity contribution >= 4 is 0 Å². The van der Waals surface area contributed by atoms with Crippen molar-refractivity contribution in [2.45, 2.75) is 56.5 Å². The van der Waals surface area contributed by atoms with Crippen LogP contribution in [0.25, 0.3) is 0 Å². The zero-order valence-electron chi connectivity index (χ0n) is 11.9. The van der Waals surface area contributed by atoms with E-state index < -0.39 is 5.60 Å². The molecule has 0 bridgehead atoms. The van der Waals surface area contributed by atoms with E-state index in [-0.39, 0.29) is 5.41 Å². The van der Waals surface area contributed by atoms with Gasteiger partial charge >= 0.3 is 0 Å². The highest BCUT2D eigenvalue weighted by atomic mass is 16.3. The summed E-state index contributed by atoms with van der Waals surface area (Å²) in [6.07, 6.45) is 6.82. The van der Waals surface area contributed by atoms with Gasteiger partial charge in [0.2, 0.25) is 0 Å². The average molecular weight is 259 g/mol. The van der Waals surface area contributed by atoms with Crippen molar-refractivity contribution in [3.63, 3.8) is 0 Å². The zero-order valence-corrected chi connectivity index (χ0v) is 11.9. The predicted molar refractivity (Wildman–Crippen MR) is 78.1 cm³/mol. The van der Waals surface area contributed by atoms with E-state index in [1.54, 1.807) is 0 Å². The van der Waals surface area contributed by atoms with Crippen molar-refractivity contribution < 1.29 is 5.11 Å². The fourth-order valence-electron chi connectivity index (χ4n) is 4.13. The second-order valence-corrected chi connectivity index (χ2v) is 6.72. The van der Waals surface area contributed by atoms with Crippen LogP contribution in [0.15, 0.2) is 24.3 Å². The molecule has 3 rings (SSSR count). The molecule has 0 heterocycles. The lowest BCUT2D eigenvalue weighted by molar-refractivity contribution is -0.0487. The van der Waals surface area contributed by atoms with E-state index in [2.05, 4.69) is 24.3 Å². The molecule has 0 aliphatic heterocycles. The molecule has 2 atom stereocenters. The molecular weight excluding hydrogens is 234 g/mol. The van der Waals surface area contributed by atoms with Gasteiger partial charge in [-0.15, -0.1) is 0 Å². The summed E-state index contributed by atoms with van der Waals surface area (Å²) in [5.41, 5.74) is 7.90. The SMILES string of the molecule is CC(O)(CC1CCC1)C1(CN)CCc2ccccc21. The van der Waals surface area contributed by atoms with Crippen LogP contribution < -0.4 is 5.73 Å². The smallest absolute Gasteiger partial charge is 0.0730 e. The molecule has 2 heteroatoms. The highest BCUT2D eigenvalue weighted by Crippen LogP contribution is 2.49. The minimum Gasteiger partial charge on any atom is -0.389 e. The number of aryl methyl sites for hydroxylation is 1. The summed E-state index contributed by atoms with van der Waals surface area (Å²) in [5.74, 6) is 0.700. The van der Waals surface area contributed by atoms with Crippen LogP contribution in [-0.2, 0) is 11.8 Å². The third-order valence-corrected chi connectivity index (χ3v) is 5.64. The molecule has 104 valence electrons. The summed E-state index contributed by atoms with van der Waals surface area (Å²) in [4.78, 5) is 0. The Morgan fingerprint density at radius 3 is 2.74 bits per heavy atom. The van der Waals surface area contributed by atoms with E-state index in [9.17, 15) is 5.11 Å². The van der Waals surface area contributed by atoms with Gasteiger partial charge in [-0.05, 0) is 43.2 Å². The van der Waals surface area contributed by atoms with Crippen molar-refractivity contribution in [2.75, 3.05) is 6.54 Å². The highest BCUT2D eigenvalue weighted by molar-refractivity contribution is 5.42. The molecule has 0 amide bonds. The van der Waals surface area contributed by atoms with E-state index in [1.807, 2.05) is 6.92 Å². The van der Waals surface area contributed by atoms with Crippen LogP contribution in [0.1, 0.15) is 50.2 Å². The van der Waals surface area contributed by atoms with Crippen molar-refractivity contribution in [3.8, 4) is 0 Å². The Morgan fingerprint density at radius 2 is 2.11 bits per heavy atom. The first-order valence-corrected chi connectivity index (χ1v) is 7.60. The number of hydrogen-bond acceptors (Lipinski definition) is 2. The maximum Gasteiger partial charge on any atom is 0.0730 e. The van der Waals surface area contributed by atoms with E-state index in [0.29, 0.717) is 12.5 Å². The molecule has 2 aliphatic rings. The van der Waals surface area contributed by atoms with E-state index in [4.69, 9.17) is 5.73 Å². The summed E-state index contributed by atoms with van der Waals surface area (Å²) in [7, 11) is 0. The monoisotopic (exact) mass is 259 g/mol. The minimum absolute atomic E-state index is 0.237. The number of benzene rings is 1. The third-order valence-electron chi connectivity index (χ3n) is 5.64. The van der Waals surface area contributed by atoms with Gasteiger partial charge in [0, 0.05) is 12.0 Å². The Hall–Kier alpha value is -0.860.